The zero-order valence-electron chi connectivity index (χ0n) is 7.94. The second kappa shape index (κ2) is 3.94. The van der Waals surface area contributed by atoms with Gasteiger partial charge in [0.2, 0.25) is 0 Å². The van der Waals surface area contributed by atoms with E-state index in [4.69, 9.17) is 4.74 Å². The maximum absolute atomic E-state index is 11.8. The van der Waals surface area contributed by atoms with Crippen molar-refractivity contribution >= 4 is 0 Å². The molecule has 0 amide bonds. The number of ether oxygens (including phenoxy) is 2. The van der Waals surface area contributed by atoms with E-state index in [1.807, 2.05) is 0 Å². The van der Waals surface area contributed by atoms with Crippen molar-refractivity contribution < 1.29 is 22.6 Å². The minimum Gasteiger partial charge on any atom is -0.501 e. The monoisotopic (exact) mass is 208 g/mol. The van der Waals surface area contributed by atoms with E-state index in [9.17, 15) is 13.2 Å². The zero-order chi connectivity index (χ0) is 10.8. The Hall–Kier alpha value is -1.13. The Morgan fingerprint density at radius 1 is 1.29 bits per heavy atom. The van der Waals surface area contributed by atoms with Gasteiger partial charge in [-0.1, -0.05) is 0 Å². The number of methoxy groups -OCH3 is 1. The van der Waals surface area contributed by atoms with Crippen molar-refractivity contribution in [3.05, 3.63) is 23.2 Å². The Morgan fingerprint density at radius 2 is 1.93 bits per heavy atom. The molecule has 80 valence electrons. The van der Waals surface area contributed by atoms with Crippen LogP contribution in [0.5, 0.6) is 0 Å². The highest BCUT2D eigenvalue weighted by Crippen LogP contribution is 2.29. The maximum atomic E-state index is 11.8. The summed E-state index contributed by atoms with van der Waals surface area (Å²) in [6.45, 7) is 1.69. The summed E-state index contributed by atoms with van der Waals surface area (Å²) in [7, 11) is 1.50. The predicted molar refractivity (Wildman–Crippen MR) is 44.2 cm³/mol. The van der Waals surface area contributed by atoms with Gasteiger partial charge >= 0.3 is 6.36 Å². The van der Waals surface area contributed by atoms with Crippen molar-refractivity contribution in [3.63, 3.8) is 0 Å². The van der Waals surface area contributed by atoms with E-state index >= 15 is 0 Å². The van der Waals surface area contributed by atoms with E-state index in [1.165, 1.54) is 13.2 Å². The molecule has 2 nitrogen and oxygen atoms in total. The second-order valence-electron chi connectivity index (χ2n) is 2.97. The van der Waals surface area contributed by atoms with Crippen LogP contribution in [0.25, 0.3) is 0 Å². The molecule has 0 bridgehead atoms. The summed E-state index contributed by atoms with van der Waals surface area (Å²) in [6.07, 6.45) is -2.57. The van der Waals surface area contributed by atoms with Crippen LogP contribution in [0.15, 0.2) is 23.2 Å². The average molecular weight is 208 g/mol. The SMILES string of the molecule is COC1=C(C)C=C(OC(F)(F)F)CC1. The van der Waals surface area contributed by atoms with Crippen LogP contribution in [0.2, 0.25) is 0 Å². The van der Waals surface area contributed by atoms with Gasteiger partial charge in [-0.3, -0.25) is 0 Å². The predicted octanol–water partition coefficient (Wildman–Crippen LogP) is 3.12. The summed E-state index contributed by atoms with van der Waals surface area (Å²) in [5.41, 5.74) is 0.679. The Labute approximate surface area is 80.0 Å². The molecular formula is C9H11F3O2. The zero-order valence-corrected chi connectivity index (χ0v) is 7.94. The molecule has 0 unspecified atom stereocenters. The molecule has 0 aromatic carbocycles. The lowest BCUT2D eigenvalue weighted by molar-refractivity contribution is -0.306. The number of rotatable bonds is 2. The Bertz CT molecular complexity index is 276. The van der Waals surface area contributed by atoms with Gasteiger partial charge in [-0.05, 0) is 18.6 Å². The van der Waals surface area contributed by atoms with Crippen molar-refractivity contribution in [1.82, 2.24) is 0 Å². The number of halogens is 3. The van der Waals surface area contributed by atoms with Gasteiger partial charge in [-0.2, -0.15) is 0 Å². The summed E-state index contributed by atoms with van der Waals surface area (Å²) in [4.78, 5) is 0. The summed E-state index contributed by atoms with van der Waals surface area (Å²) >= 11 is 0. The van der Waals surface area contributed by atoms with Crippen molar-refractivity contribution in [1.29, 1.82) is 0 Å². The van der Waals surface area contributed by atoms with E-state index in [1.54, 1.807) is 6.92 Å². The third-order valence-electron chi connectivity index (χ3n) is 1.91. The molecule has 14 heavy (non-hydrogen) atoms. The maximum Gasteiger partial charge on any atom is 0.572 e. The molecule has 0 atom stereocenters. The third-order valence-corrected chi connectivity index (χ3v) is 1.91. The van der Waals surface area contributed by atoms with Gasteiger partial charge in [-0.25, -0.2) is 0 Å². The minimum absolute atomic E-state index is 0.0594. The quantitative estimate of drug-likeness (QED) is 0.694. The Morgan fingerprint density at radius 3 is 2.36 bits per heavy atom. The first-order chi connectivity index (χ1) is 6.42. The fraction of sp³-hybridized carbons (Fsp3) is 0.556. The standard InChI is InChI=1S/C9H11F3O2/c1-6-5-7(14-9(10,11)12)3-4-8(6)13-2/h5H,3-4H2,1-2H3. The third kappa shape index (κ3) is 2.97. The fourth-order valence-corrected chi connectivity index (χ4v) is 1.32. The first-order valence-corrected chi connectivity index (χ1v) is 4.12. The molecule has 0 radical (unpaired) electrons. The van der Waals surface area contributed by atoms with E-state index in [0.29, 0.717) is 17.8 Å². The summed E-state index contributed by atoms with van der Waals surface area (Å²) < 4.78 is 44.3. The van der Waals surface area contributed by atoms with Crippen molar-refractivity contribution in [2.45, 2.75) is 26.1 Å². The van der Waals surface area contributed by atoms with Crippen molar-refractivity contribution in [2.24, 2.45) is 0 Å². The lowest BCUT2D eigenvalue weighted by Crippen LogP contribution is -2.14. The van der Waals surface area contributed by atoms with E-state index < -0.39 is 6.36 Å². The molecule has 0 fully saturated rings. The molecule has 1 rings (SSSR count). The summed E-state index contributed by atoms with van der Waals surface area (Å²) in [5, 5.41) is 0. The average Bonchev–Trinajstić information content (AvgIpc) is 2.01. The van der Waals surface area contributed by atoms with Crippen molar-refractivity contribution in [2.75, 3.05) is 7.11 Å². The molecule has 0 N–H and O–H groups in total. The van der Waals surface area contributed by atoms with Crippen LogP contribution in [-0.4, -0.2) is 13.5 Å². The van der Waals surface area contributed by atoms with Gasteiger partial charge < -0.3 is 9.47 Å². The molecular weight excluding hydrogens is 197 g/mol. The highest BCUT2D eigenvalue weighted by molar-refractivity contribution is 5.26. The molecule has 1 aliphatic rings. The number of hydrogen-bond acceptors (Lipinski definition) is 2. The molecule has 0 aromatic rings. The van der Waals surface area contributed by atoms with Crippen LogP contribution >= 0.6 is 0 Å². The van der Waals surface area contributed by atoms with Gasteiger partial charge in [0.15, 0.2) is 0 Å². The van der Waals surface area contributed by atoms with Gasteiger partial charge in [0.1, 0.15) is 5.76 Å². The number of hydrogen-bond donors (Lipinski definition) is 0. The lowest BCUT2D eigenvalue weighted by Gasteiger charge is -2.18. The van der Waals surface area contributed by atoms with E-state index in [2.05, 4.69) is 4.74 Å². The Kier molecular flexibility index (Phi) is 3.08. The smallest absolute Gasteiger partial charge is 0.501 e. The minimum atomic E-state index is -4.60. The first-order valence-electron chi connectivity index (χ1n) is 4.12. The van der Waals surface area contributed by atoms with Crippen LogP contribution in [0, 0.1) is 0 Å². The highest BCUT2D eigenvalue weighted by atomic mass is 19.4. The molecule has 0 saturated heterocycles. The van der Waals surface area contributed by atoms with Gasteiger partial charge in [0.25, 0.3) is 0 Å². The molecule has 5 heteroatoms. The van der Waals surface area contributed by atoms with Crippen LogP contribution in [0.3, 0.4) is 0 Å². The molecule has 0 aliphatic heterocycles. The lowest BCUT2D eigenvalue weighted by atomic mass is 10.1. The first kappa shape index (κ1) is 10.9. The van der Waals surface area contributed by atoms with Crippen LogP contribution in [0.1, 0.15) is 19.8 Å². The Balaban J connectivity index is 2.72. The highest BCUT2D eigenvalue weighted by Gasteiger charge is 2.32. The summed E-state index contributed by atoms with van der Waals surface area (Å²) in [6, 6.07) is 0. The van der Waals surface area contributed by atoms with Crippen molar-refractivity contribution in [3.8, 4) is 0 Å². The second-order valence-corrected chi connectivity index (χ2v) is 2.97. The van der Waals surface area contributed by atoms with Gasteiger partial charge in [0.05, 0.1) is 12.9 Å². The molecule has 1 aliphatic carbocycles. The van der Waals surface area contributed by atoms with Crippen LogP contribution < -0.4 is 0 Å². The molecule has 0 heterocycles. The van der Waals surface area contributed by atoms with Crippen LogP contribution in [-0.2, 0) is 9.47 Å². The topological polar surface area (TPSA) is 18.5 Å². The largest absolute Gasteiger partial charge is 0.572 e. The van der Waals surface area contributed by atoms with Crippen LogP contribution in [0.4, 0.5) is 13.2 Å². The van der Waals surface area contributed by atoms with Gasteiger partial charge in [-0.15, -0.1) is 13.2 Å². The fourth-order valence-electron chi connectivity index (χ4n) is 1.32. The normalized spacial score (nSPS) is 17.9. The number of alkyl halides is 3. The van der Waals surface area contributed by atoms with E-state index in [0.717, 1.165) is 0 Å². The molecule has 0 aromatic heterocycles. The van der Waals surface area contributed by atoms with E-state index in [-0.39, 0.29) is 12.2 Å². The number of allylic oxidation sites excluding steroid dienone is 4. The molecule has 0 spiro atoms. The van der Waals surface area contributed by atoms with Gasteiger partial charge in [0, 0.05) is 12.8 Å². The molecule has 0 saturated carbocycles. The summed E-state index contributed by atoms with van der Waals surface area (Å²) in [5.74, 6) is 0.648.